The van der Waals surface area contributed by atoms with Crippen LogP contribution in [-0.2, 0) is 0 Å². The monoisotopic (exact) mass is 527 g/mol. The highest BCUT2D eigenvalue weighted by molar-refractivity contribution is 9.10. The molecule has 9 heteroatoms. The molecule has 4 aromatic rings. The van der Waals surface area contributed by atoms with E-state index in [0.717, 1.165) is 45.9 Å². The molecule has 1 aliphatic rings. The lowest BCUT2D eigenvalue weighted by Crippen LogP contribution is -2.48. The van der Waals surface area contributed by atoms with E-state index in [9.17, 15) is 4.79 Å². The Morgan fingerprint density at radius 1 is 0.969 bits per heavy atom. The topological polar surface area (TPSA) is 65.1 Å². The van der Waals surface area contributed by atoms with E-state index in [1.807, 2.05) is 65.6 Å². The average molecular weight is 529 g/mol. The molecule has 2 aromatic heterocycles. The highest BCUT2D eigenvalue weighted by Gasteiger charge is 2.25. The summed E-state index contributed by atoms with van der Waals surface area (Å²) >= 11 is 10.7. The van der Waals surface area contributed by atoms with E-state index >= 15 is 0 Å². The molecule has 1 N–H and O–H groups in total. The summed E-state index contributed by atoms with van der Waals surface area (Å²) in [6.07, 6.45) is 0. The molecular formula is C23H19BrClN5OS. The number of piperazine rings is 1. The molecule has 0 spiro atoms. The van der Waals surface area contributed by atoms with Gasteiger partial charge in [-0.3, -0.25) is 9.89 Å². The van der Waals surface area contributed by atoms with Crippen molar-refractivity contribution >= 4 is 50.8 Å². The molecule has 0 saturated carbocycles. The van der Waals surface area contributed by atoms with E-state index in [2.05, 4.69) is 35.4 Å². The molecule has 1 amide bonds. The Morgan fingerprint density at radius 3 is 2.38 bits per heavy atom. The molecule has 0 radical (unpaired) electrons. The van der Waals surface area contributed by atoms with Crippen molar-refractivity contribution in [3.8, 4) is 22.5 Å². The molecular weight excluding hydrogens is 510 g/mol. The van der Waals surface area contributed by atoms with Crippen molar-refractivity contribution in [1.29, 1.82) is 0 Å². The van der Waals surface area contributed by atoms with Gasteiger partial charge in [0.2, 0.25) is 0 Å². The first kappa shape index (κ1) is 21.2. The van der Waals surface area contributed by atoms with Crippen molar-refractivity contribution in [3.63, 3.8) is 0 Å². The number of carbonyl (C=O) groups is 1. The predicted molar refractivity (Wildman–Crippen MR) is 132 cm³/mol. The third-order valence-electron chi connectivity index (χ3n) is 5.47. The fourth-order valence-corrected chi connectivity index (χ4v) is 4.79. The Kier molecular flexibility index (Phi) is 5.99. The van der Waals surface area contributed by atoms with Gasteiger partial charge in [0.15, 0.2) is 5.82 Å². The zero-order valence-electron chi connectivity index (χ0n) is 17.0. The molecule has 1 fully saturated rings. The van der Waals surface area contributed by atoms with Gasteiger partial charge in [-0.1, -0.05) is 51.8 Å². The fraction of sp³-hybridized carbons (Fsp3) is 0.174. The minimum Gasteiger partial charge on any atom is -0.352 e. The predicted octanol–water partition coefficient (Wildman–Crippen LogP) is 5.58. The zero-order chi connectivity index (χ0) is 22.1. The van der Waals surface area contributed by atoms with Crippen LogP contribution >= 0.6 is 39.1 Å². The lowest BCUT2D eigenvalue weighted by atomic mass is 10.1. The van der Waals surface area contributed by atoms with Gasteiger partial charge >= 0.3 is 0 Å². The number of H-pyrrole nitrogens is 1. The maximum atomic E-state index is 13.0. The minimum absolute atomic E-state index is 0.0365. The van der Waals surface area contributed by atoms with Gasteiger partial charge in [0.25, 0.3) is 5.91 Å². The Bertz CT molecular complexity index is 1230. The van der Waals surface area contributed by atoms with Crippen molar-refractivity contribution in [1.82, 2.24) is 19.5 Å². The van der Waals surface area contributed by atoms with Crippen molar-refractivity contribution in [2.75, 3.05) is 31.1 Å². The maximum absolute atomic E-state index is 13.0. The van der Waals surface area contributed by atoms with Crippen LogP contribution in [0, 0.1) is 0 Å². The molecule has 2 aromatic carbocycles. The number of nitrogens with one attached hydrogen (secondary N) is 1. The van der Waals surface area contributed by atoms with Gasteiger partial charge in [0.1, 0.15) is 4.88 Å². The van der Waals surface area contributed by atoms with Gasteiger partial charge in [-0.15, -0.1) is 0 Å². The fourth-order valence-electron chi connectivity index (χ4n) is 3.68. The zero-order valence-corrected chi connectivity index (χ0v) is 20.1. The quantitative estimate of drug-likeness (QED) is 0.376. The summed E-state index contributed by atoms with van der Waals surface area (Å²) in [6.45, 7) is 2.75. The van der Waals surface area contributed by atoms with Crippen molar-refractivity contribution < 1.29 is 4.79 Å². The highest BCUT2D eigenvalue weighted by atomic mass is 79.9. The first-order valence-electron chi connectivity index (χ1n) is 10.1. The number of hydrogen-bond acceptors (Lipinski definition) is 5. The lowest BCUT2D eigenvalue weighted by Gasteiger charge is -2.34. The first-order chi connectivity index (χ1) is 15.6. The number of benzene rings is 2. The molecule has 5 rings (SSSR count). The second kappa shape index (κ2) is 9.05. The van der Waals surface area contributed by atoms with E-state index in [4.69, 9.17) is 11.6 Å². The van der Waals surface area contributed by atoms with Crippen LogP contribution in [0.1, 0.15) is 9.67 Å². The largest absolute Gasteiger partial charge is 0.352 e. The van der Waals surface area contributed by atoms with Gasteiger partial charge in [-0.05, 0) is 47.4 Å². The van der Waals surface area contributed by atoms with E-state index < -0.39 is 0 Å². The van der Waals surface area contributed by atoms with Gasteiger partial charge in [0.05, 0.1) is 11.4 Å². The van der Waals surface area contributed by atoms with Gasteiger partial charge in [-0.2, -0.15) is 9.47 Å². The smallest absolute Gasteiger partial charge is 0.265 e. The van der Waals surface area contributed by atoms with Gasteiger partial charge in [-0.25, -0.2) is 0 Å². The van der Waals surface area contributed by atoms with Crippen LogP contribution in [0.5, 0.6) is 0 Å². The van der Waals surface area contributed by atoms with Crippen LogP contribution in [-0.4, -0.2) is 51.6 Å². The summed E-state index contributed by atoms with van der Waals surface area (Å²) in [5.74, 6) is 0.923. The van der Waals surface area contributed by atoms with E-state index in [0.29, 0.717) is 23.0 Å². The summed E-state index contributed by atoms with van der Waals surface area (Å²) in [6, 6.07) is 19.5. The molecule has 0 bridgehead atoms. The number of halogens is 2. The number of carbonyl (C=O) groups excluding carboxylic acids is 1. The molecule has 3 heterocycles. The number of anilines is 1. The van der Waals surface area contributed by atoms with Crippen molar-refractivity contribution in [2.45, 2.75) is 0 Å². The number of hydrogen-bond donors (Lipinski definition) is 1. The Balaban J connectivity index is 1.22. The first-order valence-corrected chi connectivity index (χ1v) is 12.1. The Labute approximate surface area is 203 Å². The molecule has 1 saturated heterocycles. The second-order valence-corrected chi connectivity index (χ2v) is 9.67. The Hall–Kier alpha value is -2.68. The third-order valence-corrected chi connectivity index (χ3v) is 7.03. The third kappa shape index (κ3) is 4.44. The average Bonchev–Trinajstić information content (AvgIpc) is 3.50. The molecule has 6 nitrogen and oxygen atoms in total. The van der Waals surface area contributed by atoms with Gasteiger partial charge < -0.3 is 9.80 Å². The number of nitrogens with zero attached hydrogens (tertiary/aromatic N) is 4. The van der Waals surface area contributed by atoms with E-state index in [1.165, 1.54) is 11.5 Å². The summed E-state index contributed by atoms with van der Waals surface area (Å²) < 4.78 is 5.49. The Morgan fingerprint density at radius 2 is 1.66 bits per heavy atom. The van der Waals surface area contributed by atoms with E-state index in [-0.39, 0.29) is 5.91 Å². The van der Waals surface area contributed by atoms with Crippen LogP contribution in [0.25, 0.3) is 22.5 Å². The summed E-state index contributed by atoms with van der Waals surface area (Å²) in [5.41, 5.74) is 3.81. The molecule has 0 atom stereocenters. The number of aromatic amines is 1. The van der Waals surface area contributed by atoms with Crippen LogP contribution in [0.4, 0.5) is 5.82 Å². The second-order valence-electron chi connectivity index (χ2n) is 7.51. The molecule has 0 aliphatic carbocycles. The minimum atomic E-state index is 0.0365. The highest BCUT2D eigenvalue weighted by Crippen LogP contribution is 2.26. The molecule has 0 unspecified atom stereocenters. The van der Waals surface area contributed by atoms with E-state index in [1.54, 1.807) is 0 Å². The number of amides is 1. The molecule has 32 heavy (non-hydrogen) atoms. The normalized spacial score (nSPS) is 14.1. The van der Waals surface area contributed by atoms with Crippen LogP contribution in [0.15, 0.2) is 65.1 Å². The summed E-state index contributed by atoms with van der Waals surface area (Å²) in [7, 11) is 0. The lowest BCUT2D eigenvalue weighted by molar-refractivity contribution is 0.0751. The number of rotatable bonds is 4. The summed E-state index contributed by atoms with van der Waals surface area (Å²) in [4.78, 5) is 17.7. The molecule has 162 valence electrons. The molecule has 1 aliphatic heterocycles. The SMILES string of the molecule is O=C(c1cc(-c2ccc(Br)cc2)ns1)N1CCN(c2cc(-c3ccc(Cl)cc3)[nH]n2)CC1. The van der Waals surface area contributed by atoms with Crippen molar-refractivity contribution in [3.05, 3.63) is 75.0 Å². The standard InChI is InChI=1S/C23H19BrClN5OS/c24-17-5-1-16(2-6-17)20-13-21(32-28-20)23(31)30-11-9-29(10-12-30)22-14-19(26-27-22)15-3-7-18(25)8-4-15/h1-8,13-14H,9-12H2,(H,26,27). The maximum Gasteiger partial charge on any atom is 0.265 e. The van der Waals surface area contributed by atoms with Gasteiger partial charge in [0, 0.05) is 47.3 Å². The summed E-state index contributed by atoms with van der Waals surface area (Å²) in [5, 5.41) is 8.27. The van der Waals surface area contributed by atoms with Crippen LogP contribution in [0.3, 0.4) is 0 Å². The number of aromatic nitrogens is 3. The van der Waals surface area contributed by atoms with Crippen LogP contribution < -0.4 is 4.90 Å². The van der Waals surface area contributed by atoms with Crippen LogP contribution in [0.2, 0.25) is 5.02 Å². The van der Waals surface area contributed by atoms with Crippen molar-refractivity contribution in [2.24, 2.45) is 0 Å².